The van der Waals surface area contributed by atoms with Gasteiger partial charge in [-0.1, -0.05) is 23.7 Å². The lowest BCUT2D eigenvalue weighted by Crippen LogP contribution is -2.39. The van der Waals surface area contributed by atoms with Crippen LogP contribution in [-0.4, -0.2) is 40.3 Å². The number of imidazole rings is 1. The largest absolute Gasteiger partial charge is 0.339 e. The van der Waals surface area contributed by atoms with Crippen molar-refractivity contribution >= 4 is 21.6 Å². The Morgan fingerprint density at radius 1 is 1.20 bits per heavy atom. The van der Waals surface area contributed by atoms with Crippen LogP contribution in [0.15, 0.2) is 53.9 Å². The van der Waals surface area contributed by atoms with Gasteiger partial charge < -0.3 is 4.57 Å². The maximum absolute atomic E-state index is 13.0. The summed E-state index contributed by atoms with van der Waals surface area (Å²) in [6.45, 7) is 2.92. The molecule has 0 amide bonds. The van der Waals surface area contributed by atoms with E-state index in [4.69, 9.17) is 16.6 Å². The molecule has 0 saturated carbocycles. The van der Waals surface area contributed by atoms with Crippen LogP contribution in [0.1, 0.15) is 41.3 Å². The molecule has 30 heavy (non-hydrogen) atoms. The number of hydrogen-bond donors (Lipinski definition) is 0. The van der Waals surface area contributed by atoms with E-state index >= 15 is 0 Å². The SMILES string of the molecule is Cc1cc(Cc2cccc(Cl)c2)cc(C2CCCN(S(=O)(=O)c3cn(C)cn3)C2)n1. The molecule has 2 aromatic heterocycles. The van der Waals surface area contributed by atoms with Gasteiger partial charge in [-0.05, 0) is 61.6 Å². The quantitative estimate of drug-likeness (QED) is 0.597. The number of piperidine rings is 1. The molecule has 3 aromatic rings. The normalized spacial score (nSPS) is 17.9. The van der Waals surface area contributed by atoms with E-state index in [1.165, 1.54) is 6.33 Å². The van der Waals surface area contributed by atoms with Gasteiger partial charge in [-0.25, -0.2) is 13.4 Å². The first kappa shape index (κ1) is 21.0. The van der Waals surface area contributed by atoms with Crippen LogP contribution in [0.25, 0.3) is 0 Å². The monoisotopic (exact) mass is 444 g/mol. The molecule has 4 rings (SSSR count). The third-order valence-corrected chi connectivity index (χ3v) is 7.40. The first-order chi connectivity index (χ1) is 14.3. The van der Waals surface area contributed by atoms with Crippen molar-refractivity contribution in [3.63, 3.8) is 0 Å². The lowest BCUT2D eigenvalue weighted by Gasteiger charge is -2.31. The fourth-order valence-corrected chi connectivity index (χ4v) is 5.72. The molecule has 0 bridgehead atoms. The summed E-state index contributed by atoms with van der Waals surface area (Å²) in [5, 5.41) is 0.825. The Morgan fingerprint density at radius 2 is 2.03 bits per heavy atom. The second-order valence-corrected chi connectivity index (χ2v) is 10.2. The van der Waals surface area contributed by atoms with Crippen molar-refractivity contribution in [2.24, 2.45) is 7.05 Å². The van der Waals surface area contributed by atoms with Crippen LogP contribution in [0.4, 0.5) is 0 Å². The van der Waals surface area contributed by atoms with Gasteiger partial charge in [0.05, 0.1) is 6.33 Å². The molecule has 0 radical (unpaired) electrons. The Balaban J connectivity index is 1.57. The van der Waals surface area contributed by atoms with E-state index in [0.29, 0.717) is 13.1 Å². The number of aryl methyl sites for hydroxylation is 2. The molecule has 1 atom stereocenters. The second-order valence-electron chi connectivity index (χ2n) is 7.93. The number of halogens is 1. The first-order valence-corrected chi connectivity index (χ1v) is 11.8. The molecule has 1 fully saturated rings. The van der Waals surface area contributed by atoms with Gasteiger partial charge in [0.1, 0.15) is 0 Å². The number of hydrogen-bond acceptors (Lipinski definition) is 4. The zero-order valence-electron chi connectivity index (χ0n) is 17.1. The molecular weight excluding hydrogens is 420 g/mol. The van der Waals surface area contributed by atoms with Gasteiger partial charge in [0.25, 0.3) is 10.0 Å². The fourth-order valence-electron chi connectivity index (χ4n) is 4.02. The van der Waals surface area contributed by atoms with Crippen molar-refractivity contribution in [3.8, 4) is 0 Å². The molecule has 8 heteroatoms. The molecule has 6 nitrogen and oxygen atoms in total. The van der Waals surface area contributed by atoms with E-state index in [9.17, 15) is 8.42 Å². The highest BCUT2D eigenvalue weighted by molar-refractivity contribution is 7.89. The Morgan fingerprint density at radius 3 is 2.77 bits per heavy atom. The summed E-state index contributed by atoms with van der Waals surface area (Å²) in [5.74, 6) is 0.0650. The Hall–Kier alpha value is -2.22. The van der Waals surface area contributed by atoms with Crippen molar-refractivity contribution in [1.82, 2.24) is 18.8 Å². The molecule has 1 saturated heterocycles. The van der Waals surface area contributed by atoms with Crippen molar-refractivity contribution < 1.29 is 8.42 Å². The van der Waals surface area contributed by atoms with Gasteiger partial charge >= 0.3 is 0 Å². The summed E-state index contributed by atoms with van der Waals surface area (Å²) in [4.78, 5) is 8.79. The minimum Gasteiger partial charge on any atom is -0.339 e. The van der Waals surface area contributed by atoms with E-state index < -0.39 is 10.0 Å². The molecule has 3 heterocycles. The zero-order valence-corrected chi connectivity index (χ0v) is 18.7. The maximum atomic E-state index is 13.0. The molecule has 0 spiro atoms. The highest BCUT2D eigenvalue weighted by Gasteiger charge is 2.33. The van der Waals surface area contributed by atoms with Crippen LogP contribution in [0.2, 0.25) is 5.02 Å². The van der Waals surface area contributed by atoms with Gasteiger partial charge in [0.2, 0.25) is 0 Å². The number of benzene rings is 1. The average Bonchev–Trinajstić information content (AvgIpc) is 3.15. The van der Waals surface area contributed by atoms with Gasteiger partial charge in [-0.15, -0.1) is 0 Å². The lowest BCUT2D eigenvalue weighted by molar-refractivity contribution is 0.311. The smallest absolute Gasteiger partial charge is 0.262 e. The second kappa shape index (κ2) is 8.49. The first-order valence-electron chi connectivity index (χ1n) is 10.0. The van der Waals surface area contributed by atoms with Crippen LogP contribution in [0.3, 0.4) is 0 Å². The van der Waals surface area contributed by atoms with Gasteiger partial charge in [0.15, 0.2) is 5.03 Å². The summed E-state index contributed by atoms with van der Waals surface area (Å²) in [6, 6.07) is 12.0. The van der Waals surface area contributed by atoms with Crippen molar-refractivity contribution in [1.29, 1.82) is 0 Å². The topological polar surface area (TPSA) is 68.1 Å². The summed E-state index contributed by atoms with van der Waals surface area (Å²) in [6.07, 6.45) is 5.54. The van der Waals surface area contributed by atoms with Gasteiger partial charge in [-0.3, -0.25) is 4.98 Å². The Kier molecular flexibility index (Phi) is 5.95. The van der Waals surface area contributed by atoms with Crippen LogP contribution in [0.5, 0.6) is 0 Å². The predicted molar refractivity (Wildman–Crippen MR) is 117 cm³/mol. The third kappa shape index (κ3) is 4.58. The molecular formula is C22H25ClN4O2S. The number of nitrogens with zero attached hydrogens (tertiary/aromatic N) is 4. The summed E-state index contributed by atoms with van der Waals surface area (Å²) in [5.41, 5.74) is 4.19. The maximum Gasteiger partial charge on any atom is 0.262 e. The van der Waals surface area contributed by atoms with E-state index in [1.807, 2.05) is 25.1 Å². The van der Waals surface area contributed by atoms with Crippen LogP contribution < -0.4 is 0 Å². The van der Waals surface area contributed by atoms with Crippen molar-refractivity contribution in [2.75, 3.05) is 13.1 Å². The summed E-state index contributed by atoms with van der Waals surface area (Å²) < 4.78 is 29.2. The van der Waals surface area contributed by atoms with Crippen LogP contribution in [0, 0.1) is 6.92 Å². The number of pyridine rings is 1. The predicted octanol–water partition coefficient (Wildman–Crippen LogP) is 3.94. The number of aromatic nitrogens is 3. The standard InChI is InChI=1S/C22H25ClN4O2S/c1-16-9-18(10-17-5-3-7-20(23)11-17)12-21(25-16)19-6-4-8-27(13-19)30(28,29)22-14-26(2)15-24-22/h3,5,7,9,11-12,14-15,19H,4,6,8,10,13H2,1-2H3. The minimum absolute atomic E-state index is 0.0650. The van der Waals surface area contributed by atoms with Crippen LogP contribution in [-0.2, 0) is 23.5 Å². The lowest BCUT2D eigenvalue weighted by atomic mass is 9.93. The third-order valence-electron chi connectivity index (χ3n) is 5.42. The minimum atomic E-state index is -3.60. The molecule has 0 N–H and O–H groups in total. The fraction of sp³-hybridized carbons (Fsp3) is 0.364. The molecule has 1 aliphatic rings. The highest BCUT2D eigenvalue weighted by Crippen LogP contribution is 2.30. The zero-order chi connectivity index (χ0) is 21.3. The Labute approximate surface area is 182 Å². The highest BCUT2D eigenvalue weighted by atomic mass is 35.5. The number of rotatable bonds is 5. The van der Waals surface area contributed by atoms with E-state index in [-0.39, 0.29) is 10.9 Å². The summed E-state index contributed by atoms with van der Waals surface area (Å²) >= 11 is 6.12. The van der Waals surface area contributed by atoms with Crippen molar-refractivity contribution in [3.05, 3.63) is 76.5 Å². The van der Waals surface area contributed by atoms with Crippen LogP contribution >= 0.6 is 11.6 Å². The molecule has 158 valence electrons. The van der Waals surface area contributed by atoms with Crippen molar-refractivity contribution in [2.45, 2.75) is 37.1 Å². The van der Waals surface area contributed by atoms with E-state index in [1.54, 1.807) is 22.1 Å². The van der Waals surface area contributed by atoms with Gasteiger partial charge in [0, 0.05) is 48.7 Å². The summed E-state index contributed by atoms with van der Waals surface area (Å²) in [7, 11) is -1.83. The molecule has 1 unspecified atom stereocenters. The molecule has 1 aliphatic heterocycles. The Bertz CT molecular complexity index is 1160. The van der Waals surface area contributed by atoms with E-state index in [2.05, 4.69) is 23.2 Å². The molecule has 0 aliphatic carbocycles. The van der Waals surface area contributed by atoms with Gasteiger partial charge in [-0.2, -0.15) is 4.31 Å². The molecule has 1 aromatic carbocycles. The average molecular weight is 445 g/mol. The van der Waals surface area contributed by atoms with E-state index in [0.717, 1.165) is 46.8 Å². The number of sulfonamides is 1.